The van der Waals surface area contributed by atoms with Crippen LogP contribution in [0, 0.1) is 0 Å². The van der Waals surface area contributed by atoms with E-state index >= 15 is 0 Å². The minimum Gasteiger partial charge on any atom is -0.508 e. The van der Waals surface area contributed by atoms with Crippen LogP contribution in [-0.4, -0.2) is 27.3 Å². The van der Waals surface area contributed by atoms with Crippen LogP contribution < -0.4 is 5.73 Å². The van der Waals surface area contributed by atoms with E-state index in [0.717, 1.165) is 0 Å². The Morgan fingerprint density at radius 1 is 1.36 bits per heavy atom. The lowest BCUT2D eigenvalue weighted by Crippen LogP contribution is -2.32. The van der Waals surface area contributed by atoms with Crippen molar-refractivity contribution in [3.63, 3.8) is 0 Å². The van der Waals surface area contributed by atoms with Crippen molar-refractivity contribution in [2.75, 3.05) is 0 Å². The van der Waals surface area contributed by atoms with Crippen LogP contribution in [0.2, 0.25) is 0 Å². The van der Waals surface area contributed by atoms with Gasteiger partial charge in [0.15, 0.2) is 0 Å². The van der Waals surface area contributed by atoms with Gasteiger partial charge in [-0.1, -0.05) is 6.07 Å². The number of hydrogen-bond acceptors (Lipinski definition) is 4. The molecule has 0 radical (unpaired) electrons. The molecule has 5 N–H and O–H groups in total. The molecule has 0 fully saturated rings. The fraction of sp³-hybridized carbons (Fsp3) is 0.222. The summed E-state index contributed by atoms with van der Waals surface area (Å²) >= 11 is 0. The van der Waals surface area contributed by atoms with Crippen LogP contribution in [0.5, 0.6) is 11.5 Å². The van der Waals surface area contributed by atoms with Crippen molar-refractivity contribution in [2.24, 2.45) is 5.73 Å². The smallest absolute Gasteiger partial charge is 0.320 e. The molecule has 5 nitrogen and oxygen atoms in total. The second-order valence-electron chi connectivity index (χ2n) is 2.92. The van der Waals surface area contributed by atoms with E-state index in [9.17, 15) is 15.0 Å². The molecule has 0 heterocycles. The van der Waals surface area contributed by atoms with Crippen LogP contribution in [-0.2, 0) is 11.2 Å². The van der Waals surface area contributed by atoms with Gasteiger partial charge in [-0.3, -0.25) is 4.79 Å². The summed E-state index contributed by atoms with van der Waals surface area (Å²) in [7, 11) is 0. The third-order valence-electron chi connectivity index (χ3n) is 1.87. The molecule has 0 aromatic heterocycles. The zero-order chi connectivity index (χ0) is 10.7. The maximum Gasteiger partial charge on any atom is 0.320 e. The minimum absolute atomic E-state index is 0.103. The first-order chi connectivity index (χ1) is 6.52. The van der Waals surface area contributed by atoms with Gasteiger partial charge in [0.05, 0.1) is 0 Å². The Kier molecular flexibility index (Phi) is 2.93. The van der Waals surface area contributed by atoms with Gasteiger partial charge in [-0.25, -0.2) is 0 Å². The summed E-state index contributed by atoms with van der Waals surface area (Å²) in [5, 5.41) is 27.2. The number of nitrogens with two attached hydrogens (primary N) is 1. The van der Waals surface area contributed by atoms with Crippen LogP contribution in [0.3, 0.4) is 0 Å². The van der Waals surface area contributed by atoms with E-state index in [4.69, 9.17) is 10.8 Å². The molecule has 1 atom stereocenters. The fourth-order valence-electron chi connectivity index (χ4n) is 1.08. The van der Waals surface area contributed by atoms with Gasteiger partial charge in [-0.2, -0.15) is 0 Å². The second-order valence-corrected chi connectivity index (χ2v) is 2.92. The molecule has 0 aliphatic rings. The number of rotatable bonds is 3. The highest BCUT2D eigenvalue weighted by molar-refractivity contribution is 5.74. The van der Waals surface area contributed by atoms with Crippen molar-refractivity contribution in [3.8, 4) is 11.5 Å². The van der Waals surface area contributed by atoms with Crippen molar-refractivity contribution >= 4 is 5.97 Å². The number of aliphatic carboxylic acids is 1. The van der Waals surface area contributed by atoms with E-state index in [1.165, 1.54) is 18.2 Å². The Morgan fingerprint density at radius 3 is 2.29 bits per heavy atom. The molecular formula is C9H11NO4. The number of carboxylic acid groups (broad SMARTS) is 1. The lowest BCUT2D eigenvalue weighted by Gasteiger charge is -2.09. The first-order valence-electron chi connectivity index (χ1n) is 4.00. The summed E-state index contributed by atoms with van der Waals surface area (Å²) in [4.78, 5) is 10.4. The number of phenols is 2. The van der Waals surface area contributed by atoms with E-state index in [2.05, 4.69) is 0 Å². The van der Waals surface area contributed by atoms with Crippen LogP contribution in [0.1, 0.15) is 5.56 Å². The molecule has 0 aliphatic heterocycles. The number of benzene rings is 1. The van der Waals surface area contributed by atoms with E-state index in [-0.39, 0.29) is 23.5 Å². The number of hydrogen-bond donors (Lipinski definition) is 4. The van der Waals surface area contributed by atoms with Crippen LogP contribution in [0.4, 0.5) is 0 Å². The maximum absolute atomic E-state index is 10.4. The molecule has 1 aromatic rings. The molecule has 0 amide bonds. The SMILES string of the molecule is NC(Cc1c(O)cccc1O)C(=O)O. The first kappa shape index (κ1) is 10.3. The van der Waals surface area contributed by atoms with Crippen LogP contribution >= 0.6 is 0 Å². The summed E-state index contributed by atoms with van der Waals surface area (Å²) in [5.74, 6) is -1.48. The van der Waals surface area contributed by atoms with Crippen molar-refractivity contribution in [1.29, 1.82) is 0 Å². The predicted octanol–water partition coefficient (Wildman–Crippen LogP) is 0.0522. The third kappa shape index (κ3) is 2.14. The van der Waals surface area contributed by atoms with Crippen molar-refractivity contribution in [3.05, 3.63) is 23.8 Å². The standard InChI is InChI=1S/C9H11NO4/c10-6(9(13)14)4-5-7(11)2-1-3-8(5)12/h1-3,6,11-12H,4,10H2,(H,13,14). The molecular weight excluding hydrogens is 186 g/mol. The largest absolute Gasteiger partial charge is 0.508 e. The molecule has 76 valence electrons. The number of carboxylic acids is 1. The van der Waals surface area contributed by atoms with Crippen molar-refractivity contribution in [2.45, 2.75) is 12.5 Å². The van der Waals surface area contributed by atoms with Gasteiger partial charge in [0, 0.05) is 12.0 Å². The third-order valence-corrected chi connectivity index (χ3v) is 1.87. The Hall–Kier alpha value is -1.75. The topological polar surface area (TPSA) is 104 Å². The molecule has 1 aromatic carbocycles. The lowest BCUT2D eigenvalue weighted by atomic mass is 10.0. The van der Waals surface area contributed by atoms with Gasteiger partial charge in [0.2, 0.25) is 0 Å². The molecule has 0 saturated carbocycles. The van der Waals surface area contributed by atoms with E-state index < -0.39 is 12.0 Å². The summed E-state index contributed by atoms with van der Waals surface area (Å²) < 4.78 is 0. The van der Waals surface area contributed by atoms with E-state index in [0.29, 0.717) is 0 Å². The molecule has 0 bridgehead atoms. The zero-order valence-corrected chi connectivity index (χ0v) is 7.34. The van der Waals surface area contributed by atoms with Gasteiger partial charge >= 0.3 is 5.97 Å². The monoisotopic (exact) mass is 197 g/mol. The number of phenolic OH excluding ortho intramolecular Hbond substituents is 2. The van der Waals surface area contributed by atoms with Gasteiger partial charge in [-0.15, -0.1) is 0 Å². The predicted molar refractivity (Wildman–Crippen MR) is 49.1 cm³/mol. The Morgan fingerprint density at radius 2 is 1.86 bits per heavy atom. The highest BCUT2D eigenvalue weighted by atomic mass is 16.4. The first-order valence-corrected chi connectivity index (χ1v) is 4.00. The summed E-state index contributed by atoms with van der Waals surface area (Å²) in [5.41, 5.74) is 5.42. The summed E-state index contributed by atoms with van der Waals surface area (Å²) in [6.45, 7) is 0. The molecule has 5 heteroatoms. The van der Waals surface area contributed by atoms with Gasteiger partial charge in [-0.05, 0) is 12.1 Å². The Bertz CT molecular complexity index is 330. The zero-order valence-electron chi connectivity index (χ0n) is 7.34. The van der Waals surface area contributed by atoms with E-state index in [1.54, 1.807) is 0 Å². The fourth-order valence-corrected chi connectivity index (χ4v) is 1.08. The quantitative estimate of drug-likeness (QED) is 0.548. The average molecular weight is 197 g/mol. The van der Waals surface area contributed by atoms with E-state index in [1.807, 2.05) is 0 Å². The summed E-state index contributed by atoms with van der Waals surface area (Å²) in [6.07, 6.45) is -0.103. The second kappa shape index (κ2) is 3.97. The van der Waals surface area contributed by atoms with Gasteiger partial charge in [0.25, 0.3) is 0 Å². The highest BCUT2D eigenvalue weighted by Gasteiger charge is 2.16. The van der Waals surface area contributed by atoms with Crippen LogP contribution in [0.15, 0.2) is 18.2 Å². The number of carbonyl (C=O) groups is 1. The molecule has 0 saturated heterocycles. The summed E-state index contributed by atoms with van der Waals surface area (Å²) in [6, 6.07) is 3.06. The molecule has 1 rings (SSSR count). The normalized spacial score (nSPS) is 12.4. The molecule has 14 heavy (non-hydrogen) atoms. The lowest BCUT2D eigenvalue weighted by molar-refractivity contribution is -0.138. The molecule has 1 unspecified atom stereocenters. The molecule has 0 spiro atoms. The van der Waals surface area contributed by atoms with Gasteiger partial charge in [0.1, 0.15) is 17.5 Å². The Balaban J connectivity index is 2.91. The van der Waals surface area contributed by atoms with Crippen molar-refractivity contribution < 1.29 is 20.1 Å². The average Bonchev–Trinajstić information content (AvgIpc) is 2.11. The minimum atomic E-state index is -1.17. The maximum atomic E-state index is 10.4. The Labute approximate surface area is 80.4 Å². The van der Waals surface area contributed by atoms with Crippen LogP contribution in [0.25, 0.3) is 0 Å². The number of aromatic hydroxyl groups is 2. The highest BCUT2D eigenvalue weighted by Crippen LogP contribution is 2.27. The molecule has 0 aliphatic carbocycles. The van der Waals surface area contributed by atoms with Gasteiger partial charge < -0.3 is 21.1 Å². The van der Waals surface area contributed by atoms with Crippen molar-refractivity contribution in [1.82, 2.24) is 0 Å².